The average Bonchev–Trinajstić information content (AvgIpc) is 3.13. The first-order valence-electron chi connectivity index (χ1n) is 8.88. The van der Waals surface area contributed by atoms with Gasteiger partial charge in [-0.3, -0.25) is 19.1 Å². The first kappa shape index (κ1) is 15.6. The zero-order chi connectivity index (χ0) is 16.7. The maximum Gasteiger partial charge on any atom is 0.248 e. The quantitative estimate of drug-likeness (QED) is 0.838. The Bertz CT molecular complexity index is 638. The Morgan fingerprint density at radius 1 is 1.38 bits per heavy atom. The number of fused-ring (bicyclic) bond motifs is 1. The summed E-state index contributed by atoms with van der Waals surface area (Å²) < 4.78 is 1.90. The van der Waals surface area contributed by atoms with Crippen LogP contribution in [0.4, 0.5) is 0 Å². The molecule has 0 aromatic carbocycles. The molecule has 0 bridgehead atoms. The zero-order valence-electron chi connectivity index (χ0n) is 14.1. The SMILES string of the molecule is CC1CC1C(=O)N1Cc2ccnn2C(CC(=O)N2CCCCO2)C1. The second kappa shape index (κ2) is 6.20. The number of rotatable bonds is 3. The molecule has 2 aliphatic heterocycles. The molecule has 0 radical (unpaired) electrons. The van der Waals surface area contributed by atoms with Gasteiger partial charge in [0.15, 0.2) is 0 Å². The highest BCUT2D eigenvalue weighted by atomic mass is 16.7. The lowest BCUT2D eigenvalue weighted by atomic mass is 10.1. The molecule has 2 fully saturated rings. The Morgan fingerprint density at radius 3 is 2.92 bits per heavy atom. The molecule has 1 saturated heterocycles. The van der Waals surface area contributed by atoms with Crippen LogP contribution in [0.25, 0.3) is 0 Å². The van der Waals surface area contributed by atoms with Crippen molar-refractivity contribution in [2.24, 2.45) is 11.8 Å². The Labute approximate surface area is 141 Å². The molecular weight excluding hydrogens is 308 g/mol. The van der Waals surface area contributed by atoms with Crippen LogP contribution < -0.4 is 0 Å². The van der Waals surface area contributed by atoms with Crippen molar-refractivity contribution in [3.8, 4) is 0 Å². The van der Waals surface area contributed by atoms with Crippen LogP contribution in [-0.2, 0) is 21.0 Å². The minimum absolute atomic E-state index is 0.0183. The van der Waals surface area contributed by atoms with Gasteiger partial charge in [0.2, 0.25) is 11.8 Å². The highest BCUT2D eigenvalue weighted by Crippen LogP contribution is 2.40. The number of hydrogen-bond acceptors (Lipinski definition) is 4. The van der Waals surface area contributed by atoms with Gasteiger partial charge in [-0.2, -0.15) is 5.10 Å². The van der Waals surface area contributed by atoms with E-state index in [4.69, 9.17) is 4.84 Å². The topological polar surface area (TPSA) is 67.7 Å². The van der Waals surface area contributed by atoms with Crippen molar-refractivity contribution in [3.05, 3.63) is 18.0 Å². The van der Waals surface area contributed by atoms with E-state index in [1.165, 1.54) is 5.06 Å². The number of aromatic nitrogens is 2. The molecule has 130 valence electrons. The highest BCUT2D eigenvalue weighted by molar-refractivity contribution is 5.82. The van der Waals surface area contributed by atoms with E-state index in [0.29, 0.717) is 38.6 Å². The van der Waals surface area contributed by atoms with Crippen molar-refractivity contribution in [3.63, 3.8) is 0 Å². The van der Waals surface area contributed by atoms with Gasteiger partial charge < -0.3 is 4.90 Å². The predicted molar refractivity (Wildman–Crippen MR) is 85.5 cm³/mol. The van der Waals surface area contributed by atoms with Crippen LogP contribution in [-0.4, -0.2) is 51.3 Å². The second-order valence-corrected chi connectivity index (χ2v) is 7.20. The number of nitrogens with zero attached hydrogens (tertiary/aromatic N) is 4. The summed E-state index contributed by atoms with van der Waals surface area (Å²) in [5.41, 5.74) is 1.00. The van der Waals surface area contributed by atoms with Gasteiger partial charge in [-0.05, 0) is 31.2 Å². The Hall–Kier alpha value is -1.89. The van der Waals surface area contributed by atoms with E-state index in [1.807, 2.05) is 15.6 Å². The van der Waals surface area contributed by atoms with Gasteiger partial charge in [-0.1, -0.05) is 6.92 Å². The van der Waals surface area contributed by atoms with Crippen LogP contribution in [0.2, 0.25) is 0 Å². The van der Waals surface area contributed by atoms with E-state index >= 15 is 0 Å². The summed E-state index contributed by atoms with van der Waals surface area (Å²) >= 11 is 0. The fourth-order valence-corrected chi connectivity index (χ4v) is 3.70. The summed E-state index contributed by atoms with van der Waals surface area (Å²) in [5, 5.41) is 5.86. The summed E-state index contributed by atoms with van der Waals surface area (Å²) in [6, 6.07) is 1.82. The molecular formula is C17H24N4O3. The van der Waals surface area contributed by atoms with Gasteiger partial charge in [0.05, 0.1) is 31.3 Å². The summed E-state index contributed by atoms with van der Waals surface area (Å²) in [6.45, 7) is 4.52. The predicted octanol–water partition coefficient (Wildman–Crippen LogP) is 1.37. The van der Waals surface area contributed by atoms with Crippen LogP contribution in [0.1, 0.15) is 44.3 Å². The van der Waals surface area contributed by atoms with Gasteiger partial charge in [0, 0.05) is 25.2 Å². The van der Waals surface area contributed by atoms with Crippen molar-refractivity contribution in [2.75, 3.05) is 19.7 Å². The second-order valence-electron chi connectivity index (χ2n) is 7.20. The van der Waals surface area contributed by atoms with Crippen LogP contribution in [0, 0.1) is 11.8 Å². The summed E-state index contributed by atoms with van der Waals surface area (Å²) in [5.74, 6) is 0.865. The molecule has 1 aliphatic carbocycles. The van der Waals surface area contributed by atoms with E-state index in [2.05, 4.69) is 12.0 Å². The largest absolute Gasteiger partial charge is 0.334 e. The van der Waals surface area contributed by atoms with E-state index in [1.54, 1.807) is 6.20 Å². The lowest BCUT2D eigenvalue weighted by Crippen LogP contribution is -2.44. The molecule has 7 heteroatoms. The Balaban J connectivity index is 1.47. The van der Waals surface area contributed by atoms with Crippen LogP contribution in [0.3, 0.4) is 0 Å². The van der Waals surface area contributed by atoms with Crippen LogP contribution >= 0.6 is 0 Å². The molecule has 0 N–H and O–H groups in total. The van der Waals surface area contributed by atoms with E-state index in [-0.39, 0.29) is 23.8 Å². The molecule has 4 rings (SSSR count). The third kappa shape index (κ3) is 2.92. The van der Waals surface area contributed by atoms with Crippen molar-refractivity contribution in [1.29, 1.82) is 0 Å². The number of carbonyl (C=O) groups excluding carboxylic acids is 2. The fourth-order valence-electron chi connectivity index (χ4n) is 3.70. The molecule has 1 saturated carbocycles. The van der Waals surface area contributed by atoms with E-state index in [0.717, 1.165) is 25.0 Å². The molecule has 1 aromatic heterocycles. The third-order valence-corrected chi connectivity index (χ3v) is 5.31. The maximum absolute atomic E-state index is 12.6. The molecule has 3 heterocycles. The monoisotopic (exact) mass is 332 g/mol. The first-order chi connectivity index (χ1) is 11.6. The third-order valence-electron chi connectivity index (χ3n) is 5.31. The van der Waals surface area contributed by atoms with Crippen molar-refractivity contribution >= 4 is 11.8 Å². The molecule has 1 aromatic rings. The smallest absolute Gasteiger partial charge is 0.248 e. The minimum atomic E-state index is -0.111. The molecule has 3 atom stereocenters. The van der Waals surface area contributed by atoms with E-state index < -0.39 is 0 Å². The van der Waals surface area contributed by atoms with Gasteiger partial charge in [-0.25, -0.2) is 5.06 Å². The minimum Gasteiger partial charge on any atom is -0.334 e. The van der Waals surface area contributed by atoms with Crippen LogP contribution in [0.5, 0.6) is 0 Å². The summed E-state index contributed by atoms with van der Waals surface area (Å²) in [4.78, 5) is 32.5. The van der Waals surface area contributed by atoms with Gasteiger partial charge in [-0.15, -0.1) is 0 Å². The zero-order valence-corrected chi connectivity index (χ0v) is 14.1. The summed E-state index contributed by atoms with van der Waals surface area (Å²) in [6.07, 6.45) is 5.03. The molecule has 3 aliphatic rings. The molecule has 7 nitrogen and oxygen atoms in total. The molecule has 2 amide bonds. The Morgan fingerprint density at radius 2 is 2.21 bits per heavy atom. The molecule has 24 heavy (non-hydrogen) atoms. The lowest BCUT2D eigenvalue weighted by molar-refractivity contribution is -0.198. The first-order valence-corrected chi connectivity index (χ1v) is 8.88. The van der Waals surface area contributed by atoms with Gasteiger partial charge >= 0.3 is 0 Å². The standard InChI is InChI=1S/C17H24N4O3/c1-12-8-15(12)17(23)19-10-13-4-5-18-21(13)14(11-19)9-16(22)20-6-2-3-7-24-20/h4-5,12,14-15H,2-3,6-11H2,1H3. The van der Waals surface area contributed by atoms with Gasteiger partial charge in [0.25, 0.3) is 0 Å². The van der Waals surface area contributed by atoms with Crippen molar-refractivity contribution < 1.29 is 14.4 Å². The van der Waals surface area contributed by atoms with Gasteiger partial charge in [0.1, 0.15) is 0 Å². The number of hydrogen-bond donors (Lipinski definition) is 0. The maximum atomic E-state index is 12.6. The summed E-state index contributed by atoms with van der Waals surface area (Å²) in [7, 11) is 0. The molecule has 3 unspecified atom stereocenters. The van der Waals surface area contributed by atoms with Crippen LogP contribution in [0.15, 0.2) is 12.3 Å². The lowest BCUT2D eigenvalue weighted by Gasteiger charge is -2.35. The fraction of sp³-hybridized carbons (Fsp3) is 0.706. The highest BCUT2D eigenvalue weighted by Gasteiger charge is 2.43. The average molecular weight is 332 g/mol. The number of amides is 2. The normalized spacial score (nSPS) is 29.3. The molecule has 0 spiro atoms. The number of hydroxylamine groups is 2. The van der Waals surface area contributed by atoms with E-state index in [9.17, 15) is 9.59 Å². The Kier molecular flexibility index (Phi) is 4.04. The number of carbonyl (C=O) groups is 2. The van der Waals surface area contributed by atoms with Crippen molar-refractivity contribution in [1.82, 2.24) is 19.7 Å². The van der Waals surface area contributed by atoms with Crippen molar-refractivity contribution in [2.45, 2.75) is 45.2 Å².